The summed E-state index contributed by atoms with van der Waals surface area (Å²) in [4.78, 5) is 25.3. The number of rotatable bonds is 3. The van der Waals surface area contributed by atoms with Gasteiger partial charge in [-0.3, -0.25) is 4.79 Å². The molecule has 1 fully saturated rings. The average molecular weight is 208 g/mol. The van der Waals surface area contributed by atoms with Crippen LogP contribution >= 0.6 is 0 Å². The zero-order chi connectivity index (χ0) is 11.1. The molecule has 1 aromatic heterocycles. The standard InChI is InChI=1S/C10H12N2O3/c1-6-4-11-5-7(6)8(13)12-10(2-3-10)9(14)15/h4-5,11H,2-3H2,1H3,(H,12,13)(H,14,15). The van der Waals surface area contributed by atoms with Crippen molar-refractivity contribution in [2.24, 2.45) is 0 Å². The van der Waals surface area contributed by atoms with Crippen LogP contribution in [0.25, 0.3) is 0 Å². The van der Waals surface area contributed by atoms with Gasteiger partial charge in [-0.05, 0) is 25.3 Å². The van der Waals surface area contributed by atoms with E-state index in [9.17, 15) is 9.59 Å². The molecule has 1 amide bonds. The highest BCUT2D eigenvalue weighted by Crippen LogP contribution is 2.35. The lowest BCUT2D eigenvalue weighted by atomic mass is 10.2. The number of hydrogen-bond acceptors (Lipinski definition) is 2. The minimum absolute atomic E-state index is 0.325. The first-order valence-electron chi connectivity index (χ1n) is 4.74. The van der Waals surface area contributed by atoms with Crippen molar-refractivity contribution in [2.75, 3.05) is 0 Å². The molecule has 0 saturated heterocycles. The van der Waals surface area contributed by atoms with E-state index in [0.29, 0.717) is 18.4 Å². The normalized spacial score (nSPS) is 17.1. The number of nitrogens with one attached hydrogen (secondary N) is 2. The second kappa shape index (κ2) is 3.12. The van der Waals surface area contributed by atoms with Crippen LogP contribution in [-0.2, 0) is 4.79 Å². The Hall–Kier alpha value is -1.78. The third kappa shape index (κ3) is 1.60. The largest absolute Gasteiger partial charge is 0.480 e. The summed E-state index contributed by atoms with van der Waals surface area (Å²) in [6.45, 7) is 1.80. The number of aryl methyl sites for hydroxylation is 1. The van der Waals surface area contributed by atoms with Crippen molar-refractivity contribution in [1.82, 2.24) is 10.3 Å². The van der Waals surface area contributed by atoms with Gasteiger partial charge in [-0.15, -0.1) is 0 Å². The first-order valence-corrected chi connectivity index (χ1v) is 4.74. The third-order valence-electron chi connectivity index (χ3n) is 2.71. The summed E-state index contributed by atoms with van der Waals surface area (Å²) in [5.41, 5.74) is 0.303. The summed E-state index contributed by atoms with van der Waals surface area (Å²) in [7, 11) is 0. The van der Waals surface area contributed by atoms with Crippen LogP contribution < -0.4 is 5.32 Å². The molecule has 0 aliphatic heterocycles. The summed E-state index contributed by atoms with van der Waals surface area (Å²) >= 11 is 0. The highest BCUT2D eigenvalue weighted by atomic mass is 16.4. The molecule has 1 heterocycles. The average Bonchev–Trinajstić information content (AvgIpc) is 2.82. The Labute approximate surface area is 86.5 Å². The molecule has 1 aliphatic carbocycles. The Morgan fingerprint density at radius 3 is 2.53 bits per heavy atom. The predicted molar refractivity (Wildman–Crippen MR) is 52.6 cm³/mol. The Morgan fingerprint density at radius 2 is 2.13 bits per heavy atom. The van der Waals surface area contributed by atoms with E-state index in [0.717, 1.165) is 5.56 Å². The van der Waals surface area contributed by atoms with Crippen molar-refractivity contribution < 1.29 is 14.7 Å². The number of amides is 1. The molecule has 2 rings (SSSR count). The van der Waals surface area contributed by atoms with Crippen molar-refractivity contribution >= 4 is 11.9 Å². The van der Waals surface area contributed by atoms with E-state index in [1.807, 2.05) is 0 Å². The number of carbonyl (C=O) groups excluding carboxylic acids is 1. The minimum Gasteiger partial charge on any atom is -0.480 e. The van der Waals surface area contributed by atoms with Crippen LogP contribution in [0.1, 0.15) is 28.8 Å². The molecule has 15 heavy (non-hydrogen) atoms. The Morgan fingerprint density at radius 1 is 1.47 bits per heavy atom. The van der Waals surface area contributed by atoms with E-state index in [1.54, 1.807) is 19.3 Å². The molecule has 3 N–H and O–H groups in total. The van der Waals surface area contributed by atoms with Crippen LogP contribution in [0, 0.1) is 6.92 Å². The molecular formula is C10H12N2O3. The monoisotopic (exact) mass is 208 g/mol. The molecule has 0 radical (unpaired) electrons. The summed E-state index contributed by atoms with van der Waals surface area (Å²) in [6, 6.07) is 0. The van der Waals surface area contributed by atoms with Gasteiger partial charge in [0.2, 0.25) is 0 Å². The smallest absolute Gasteiger partial charge is 0.329 e. The number of aliphatic carboxylic acids is 1. The summed E-state index contributed by atoms with van der Waals surface area (Å²) in [5.74, 6) is -1.28. The van der Waals surface area contributed by atoms with Crippen molar-refractivity contribution in [3.8, 4) is 0 Å². The topological polar surface area (TPSA) is 82.2 Å². The zero-order valence-corrected chi connectivity index (χ0v) is 8.33. The molecule has 1 aliphatic rings. The van der Waals surface area contributed by atoms with E-state index in [2.05, 4.69) is 10.3 Å². The number of carbonyl (C=O) groups is 2. The fourth-order valence-electron chi connectivity index (χ4n) is 1.49. The number of aromatic amines is 1. The molecule has 5 heteroatoms. The number of carboxylic acids is 1. The lowest BCUT2D eigenvalue weighted by Gasteiger charge is -2.11. The van der Waals surface area contributed by atoms with Crippen LogP contribution in [-0.4, -0.2) is 27.5 Å². The van der Waals surface area contributed by atoms with Crippen molar-refractivity contribution in [3.63, 3.8) is 0 Å². The van der Waals surface area contributed by atoms with Gasteiger partial charge in [0, 0.05) is 12.4 Å². The Kier molecular flexibility index (Phi) is 2.03. The van der Waals surface area contributed by atoms with E-state index in [-0.39, 0.29) is 5.91 Å². The molecular weight excluding hydrogens is 196 g/mol. The van der Waals surface area contributed by atoms with Crippen LogP contribution in [0.5, 0.6) is 0 Å². The van der Waals surface area contributed by atoms with Gasteiger partial charge in [-0.25, -0.2) is 4.79 Å². The number of aromatic nitrogens is 1. The maximum absolute atomic E-state index is 11.7. The minimum atomic E-state index is -1.01. The maximum atomic E-state index is 11.7. The molecule has 5 nitrogen and oxygen atoms in total. The molecule has 1 aromatic rings. The van der Waals surface area contributed by atoms with E-state index in [1.165, 1.54) is 0 Å². The van der Waals surface area contributed by atoms with Crippen molar-refractivity contribution in [3.05, 3.63) is 23.5 Å². The predicted octanol–water partition coefficient (Wildman–Crippen LogP) is 0.670. The molecule has 0 atom stereocenters. The maximum Gasteiger partial charge on any atom is 0.329 e. The summed E-state index contributed by atoms with van der Waals surface area (Å²) in [5, 5.41) is 11.4. The van der Waals surface area contributed by atoms with Crippen LogP contribution in [0.3, 0.4) is 0 Å². The summed E-state index contributed by atoms with van der Waals surface area (Å²) in [6.07, 6.45) is 4.30. The lowest BCUT2D eigenvalue weighted by molar-refractivity contribution is -0.140. The first kappa shape index (κ1) is 9.76. The van der Waals surface area contributed by atoms with Gasteiger partial charge in [0.05, 0.1) is 5.56 Å². The molecule has 80 valence electrons. The van der Waals surface area contributed by atoms with Gasteiger partial charge in [0.15, 0.2) is 0 Å². The fraction of sp³-hybridized carbons (Fsp3) is 0.400. The highest BCUT2D eigenvalue weighted by Gasteiger charge is 2.51. The van der Waals surface area contributed by atoms with Crippen molar-refractivity contribution in [1.29, 1.82) is 0 Å². The fourth-order valence-corrected chi connectivity index (χ4v) is 1.49. The summed E-state index contributed by atoms with van der Waals surface area (Å²) < 4.78 is 0. The van der Waals surface area contributed by atoms with Gasteiger partial charge in [-0.1, -0.05) is 0 Å². The third-order valence-corrected chi connectivity index (χ3v) is 2.71. The van der Waals surface area contributed by atoms with Gasteiger partial charge in [0.1, 0.15) is 5.54 Å². The SMILES string of the molecule is Cc1c[nH]cc1C(=O)NC1(C(=O)O)CC1. The lowest BCUT2D eigenvalue weighted by Crippen LogP contribution is -2.43. The number of H-pyrrole nitrogens is 1. The molecule has 0 aromatic carbocycles. The van der Waals surface area contributed by atoms with Crippen LogP contribution in [0.4, 0.5) is 0 Å². The van der Waals surface area contributed by atoms with Crippen molar-refractivity contribution in [2.45, 2.75) is 25.3 Å². The Bertz CT molecular complexity index is 418. The van der Waals surface area contributed by atoms with E-state index >= 15 is 0 Å². The molecule has 0 spiro atoms. The van der Waals surface area contributed by atoms with Gasteiger partial charge in [0.25, 0.3) is 5.91 Å². The van der Waals surface area contributed by atoms with E-state index in [4.69, 9.17) is 5.11 Å². The number of carboxylic acid groups (broad SMARTS) is 1. The second-order valence-corrected chi connectivity index (χ2v) is 3.89. The molecule has 0 bridgehead atoms. The quantitative estimate of drug-likeness (QED) is 0.682. The first-order chi connectivity index (χ1) is 7.05. The van der Waals surface area contributed by atoms with Gasteiger partial charge < -0.3 is 15.4 Å². The van der Waals surface area contributed by atoms with Crippen LogP contribution in [0.15, 0.2) is 12.4 Å². The zero-order valence-electron chi connectivity index (χ0n) is 8.33. The Balaban J connectivity index is 2.11. The van der Waals surface area contributed by atoms with Crippen LogP contribution in [0.2, 0.25) is 0 Å². The molecule has 1 saturated carbocycles. The van der Waals surface area contributed by atoms with Gasteiger partial charge >= 0.3 is 5.97 Å². The van der Waals surface area contributed by atoms with Gasteiger partial charge in [-0.2, -0.15) is 0 Å². The van der Waals surface area contributed by atoms with E-state index < -0.39 is 11.5 Å². The highest BCUT2D eigenvalue weighted by molar-refractivity contribution is 5.99. The molecule has 0 unspecified atom stereocenters. The second-order valence-electron chi connectivity index (χ2n) is 3.89. The number of hydrogen-bond donors (Lipinski definition) is 3.